The highest BCUT2D eigenvalue weighted by Crippen LogP contribution is 2.21. The first-order valence-corrected chi connectivity index (χ1v) is 6.73. The Morgan fingerprint density at radius 3 is 2.55 bits per heavy atom. The number of benzene rings is 1. The molecule has 2 rings (SSSR count). The summed E-state index contributed by atoms with van der Waals surface area (Å²) in [5.41, 5.74) is 1.67. The molecular weight excluding hydrogens is 258 g/mol. The lowest BCUT2D eigenvalue weighted by Crippen LogP contribution is -2.25. The maximum atomic E-state index is 13.2. The van der Waals surface area contributed by atoms with Crippen LogP contribution in [0.25, 0.3) is 0 Å². The van der Waals surface area contributed by atoms with Gasteiger partial charge < -0.3 is 5.32 Å². The molecule has 1 aromatic carbocycles. The molecule has 1 aromatic heterocycles. The van der Waals surface area contributed by atoms with Gasteiger partial charge in [-0.1, -0.05) is 19.1 Å². The lowest BCUT2D eigenvalue weighted by molar-refractivity contribution is 0.445. The third-order valence-corrected chi connectivity index (χ3v) is 3.32. The largest absolute Gasteiger partial charge is 0.302 e. The van der Waals surface area contributed by atoms with E-state index in [1.807, 2.05) is 19.9 Å². The first-order chi connectivity index (χ1) is 9.60. The molecule has 2 atom stereocenters. The molecule has 0 saturated heterocycles. The van der Waals surface area contributed by atoms with E-state index in [2.05, 4.69) is 10.3 Å². The molecule has 0 aliphatic rings. The van der Waals surface area contributed by atoms with Gasteiger partial charge in [-0.25, -0.2) is 8.78 Å². The van der Waals surface area contributed by atoms with Gasteiger partial charge in [-0.2, -0.15) is 0 Å². The lowest BCUT2D eigenvalue weighted by atomic mass is 10.0. The van der Waals surface area contributed by atoms with E-state index < -0.39 is 0 Å². The maximum absolute atomic E-state index is 13.2. The smallest absolute Gasteiger partial charge is 0.141 e. The van der Waals surface area contributed by atoms with Crippen molar-refractivity contribution in [1.82, 2.24) is 10.3 Å². The predicted octanol–water partition coefficient (Wildman–Crippen LogP) is 4.16. The molecule has 4 heteroatoms. The summed E-state index contributed by atoms with van der Waals surface area (Å²) >= 11 is 0. The zero-order chi connectivity index (χ0) is 14.5. The number of hydrogen-bond acceptors (Lipinski definition) is 2. The highest BCUT2D eigenvalue weighted by atomic mass is 19.1. The average Bonchev–Trinajstić information content (AvgIpc) is 2.45. The van der Waals surface area contributed by atoms with E-state index in [1.54, 1.807) is 12.1 Å². The molecule has 0 bridgehead atoms. The average molecular weight is 276 g/mol. The number of pyridine rings is 1. The second-order valence-electron chi connectivity index (χ2n) is 4.81. The Hall–Kier alpha value is -1.81. The topological polar surface area (TPSA) is 24.9 Å². The van der Waals surface area contributed by atoms with Gasteiger partial charge in [-0.3, -0.25) is 4.98 Å². The predicted molar refractivity (Wildman–Crippen MR) is 75.2 cm³/mol. The van der Waals surface area contributed by atoms with E-state index in [1.165, 1.54) is 24.4 Å². The minimum atomic E-state index is -0.346. The summed E-state index contributed by atoms with van der Waals surface area (Å²) in [4.78, 5) is 4.10. The van der Waals surface area contributed by atoms with Gasteiger partial charge in [0, 0.05) is 12.1 Å². The van der Waals surface area contributed by atoms with Crippen LogP contribution in [0.4, 0.5) is 8.78 Å². The van der Waals surface area contributed by atoms with Crippen LogP contribution in [0.3, 0.4) is 0 Å². The van der Waals surface area contributed by atoms with Crippen molar-refractivity contribution >= 4 is 0 Å². The van der Waals surface area contributed by atoms with Crippen molar-refractivity contribution in [3.05, 3.63) is 65.5 Å². The van der Waals surface area contributed by atoms with Crippen LogP contribution in [0.2, 0.25) is 0 Å². The second kappa shape index (κ2) is 6.57. The van der Waals surface area contributed by atoms with E-state index in [9.17, 15) is 8.78 Å². The van der Waals surface area contributed by atoms with E-state index in [0.29, 0.717) is 0 Å². The van der Waals surface area contributed by atoms with Crippen LogP contribution in [0.1, 0.15) is 43.6 Å². The second-order valence-corrected chi connectivity index (χ2v) is 4.81. The highest BCUT2D eigenvalue weighted by Gasteiger charge is 2.15. The van der Waals surface area contributed by atoms with E-state index in [4.69, 9.17) is 0 Å². The number of rotatable bonds is 5. The number of hydrogen-bond donors (Lipinski definition) is 1. The van der Waals surface area contributed by atoms with Gasteiger partial charge in [0.25, 0.3) is 0 Å². The molecule has 1 unspecified atom stereocenters. The molecule has 1 heterocycles. The van der Waals surface area contributed by atoms with Crippen molar-refractivity contribution in [2.24, 2.45) is 0 Å². The van der Waals surface area contributed by atoms with Crippen LogP contribution < -0.4 is 5.32 Å². The standard InChI is InChI=1S/C16H18F2N2/c1-3-15(16-8-7-14(18)10-19-16)20-11(2)12-5-4-6-13(17)9-12/h4-11,15,20H,3H2,1-2H3/t11-,15?/m0/s1. The fourth-order valence-corrected chi connectivity index (χ4v) is 2.18. The van der Waals surface area contributed by atoms with Crippen molar-refractivity contribution in [3.8, 4) is 0 Å². The fraction of sp³-hybridized carbons (Fsp3) is 0.312. The summed E-state index contributed by atoms with van der Waals surface area (Å²) in [5.74, 6) is -0.592. The van der Waals surface area contributed by atoms with Crippen molar-refractivity contribution in [2.75, 3.05) is 0 Å². The number of aromatic nitrogens is 1. The van der Waals surface area contributed by atoms with Gasteiger partial charge >= 0.3 is 0 Å². The lowest BCUT2D eigenvalue weighted by Gasteiger charge is -2.22. The summed E-state index contributed by atoms with van der Waals surface area (Å²) in [6.07, 6.45) is 2.03. The van der Waals surface area contributed by atoms with Crippen LogP contribution in [0.15, 0.2) is 42.6 Å². The molecular formula is C16H18F2N2. The monoisotopic (exact) mass is 276 g/mol. The van der Waals surface area contributed by atoms with Gasteiger partial charge in [0.2, 0.25) is 0 Å². The summed E-state index contributed by atoms with van der Waals surface area (Å²) < 4.78 is 26.1. The van der Waals surface area contributed by atoms with Gasteiger partial charge in [0.05, 0.1) is 11.9 Å². The molecule has 0 saturated carbocycles. The molecule has 0 spiro atoms. The normalized spacial score (nSPS) is 14.0. The molecule has 0 aliphatic heterocycles. The Morgan fingerprint density at radius 1 is 1.15 bits per heavy atom. The van der Waals surface area contributed by atoms with Crippen LogP contribution in [0, 0.1) is 11.6 Å². The maximum Gasteiger partial charge on any atom is 0.141 e. The highest BCUT2D eigenvalue weighted by molar-refractivity contribution is 5.20. The first-order valence-electron chi connectivity index (χ1n) is 6.73. The molecule has 106 valence electrons. The number of nitrogens with zero attached hydrogens (tertiary/aromatic N) is 1. The molecule has 20 heavy (non-hydrogen) atoms. The van der Waals surface area contributed by atoms with Crippen molar-refractivity contribution in [3.63, 3.8) is 0 Å². The zero-order valence-corrected chi connectivity index (χ0v) is 11.6. The molecule has 0 radical (unpaired) electrons. The van der Waals surface area contributed by atoms with Gasteiger partial charge in [0.1, 0.15) is 11.6 Å². The SMILES string of the molecule is CCC(N[C@@H](C)c1cccc(F)c1)c1ccc(F)cn1. The first kappa shape index (κ1) is 14.6. The molecule has 2 aromatic rings. The third kappa shape index (κ3) is 3.61. The number of nitrogens with one attached hydrogen (secondary N) is 1. The van der Waals surface area contributed by atoms with Gasteiger partial charge in [-0.15, -0.1) is 0 Å². The van der Waals surface area contributed by atoms with Crippen LogP contribution in [-0.4, -0.2) is 4.98 Å². The Morgan fingerprint density at radius 2 is 1.95 bits per heavy atom. The quantitative estimate of drug-likeness (QED) is 0.887. The zero-order valence-electron chi connectivity index (χ0n) is 11.6. The molecule has 0 aliphatic carbocycles. The van der Waals surface area contributed by atoms with Gasteiger partial charge in [-0.05, 0) is 43.2 Å². The summed E-state index contributed by atoms with van der Waals surface area (Å²) in [6, 6.07) is 9.59. The fourth-order valence-electron chi connectivity index (χ4n) is 2.18. The Kier molecular flexibility index (Phi) is 4.79. The summed E-state index contributed by atoms with van der Waals surface area (Å²) in [6.45, 7) is 4.00. The Bertz CT molecular complexity index is 555. The molecule has 0 fully saturated rings. The molecule has 2 nitrogen and oxygen atoms in total. The minimum Gasteiger partial charge on any atom is -0.302 e. The van der Waals surface area contributed by atoms with Gasteiger partial charge in [0.15, 0.2) is 0 Å². The van der Waals surface area contributed by atoms with E-state index >= 15 is 0 Å². The van der Waals surface area contributed by atoms with E-state index in [-0.39, 0.29) is 23.7 Å². The summed E-state index contributed by atoms with van der Waals surface area (Å²) in [5, 5.41) is 3.39. The van der Waals surface area contributed by atoms with Crippen molar-refractivity contribution in [2.45, 2.75) is 32.4 Å². The molecule has 1 N–H and O–H groups in total. The molecule has 0 amide bonds. The van der Waals surface area contributed by atoms with Crippen molar-refractivity contribution in [1.29, 1.82) is 0 Å². The van der Waals surface area contributed by atoms with Crippen LogP contribution >= 0.6 is 0 Å². The third-order valence-electron chi connectivity index (χ3n) is 3.32. The van der Waals surface area contributed by atoms with E-state index in [0.717, 1.165) is 17.7 Å². The Balaban J connectivity index is 2.11. The Labute approximate surface area is 117 Å². The van der Waals surface area contributed by atoms with Crippen LogP contribution in [-0.2, 0) is 0 Å². The van der Waals surface area contributed by atoms with Crippen LogP contribution in [0.5, 0.6) is 0 Å². The number of halogens is 2. The minimum absolute atomic E-state index is 0.00821. The van der Waals surface area contributed by atoms with Crippen molar-refractivity contribution < 1.29 is 8.78 Å². The summed E-state index contributed by atoms with van der Waals surface area (Å²) in [7, 11) is 0.